The summed E-state index contributed by atoms with van der Waals surface area (Å²) >= 11 is 0.427. The number of quaternary nitrogens is 1. The van der Waals surface area contributed by atoms with Gasteiger partial charge in [-0.25, -0.2) is 0 Å². The van der Waals surface area contributed by atoms with E-state index in [1.54, 1.807) is 0 Å². The Morgan fingerprint density at radius 2 is 1.78 bits per heavy atom. The minimum absolute atomic E-state index is 0.119. The normalized spacial score (nSPS) is 22.8. The zero-order chi connectivity index (χ0) is 19.3. The number of carbonyl (C=O) groups excluding carboxylic acids is 1. The van der Waals surface area contributed by atoms with Crippen LogP contribution in [0.15, 0.2) is 60.7 Å². The predicted octanol–water partition coefficient (Wildman–Crippen LogP) is 2.42. The summed E-state index contributed by atoms with van der Waals surface area (Å²) in [6.07, 6.45) is 2.38. The topological polar surface area (TPSA) is 30.7 Å². The van der Waals surface area contributed by atoms with E-state index < -0.39 is 0 Å². The molecule has 3 rings (SSSR count). The van der Waals surface area contributed by atoms with Crippen molar-refractivity contribution in [3.63, 3.8) is 0 Å². The molecular formula is C23H30NO2Se+. The number of carbonyl (C=O) groups is 1. The molecule has 3 atom stereocenters. The Labute approximate surface area is 169 Å². The van der Waals surface area contributed by atoms with Gasteiger partial charge in [-0.1, -0.05) is 0 Å². The van der Waals surface area contributed by atoms with Crippen molar-refractivity contribution in [2.45, 2.75) is 44.1 Å². The molecule has 1 N–H and O–H groups in total. The number of nitrogens with one attached hydrogen (secondary N) is 1. The fraction of sp³-hybridized carbons (Fsp3) is 0.435. The molecule has 0 radical (unpaired) electrons. The van der Waals surface area contributed by atoms with Gasteiger partial charge in [0.15, 0.2) is 0 Å². The van der Waals surface area contributed by atoms with Crippen LogP contribution in [0.1, 0.15) is 38.3 Å². The van der Waals surface area contributed by atoms with Crippen LogP contribution in [0, 0.1) is 5.41 Å². The van der Waals surface area contributed by atoms with Crippen molar-refractivity contribution in [3.05, 3.63) is 66.2 Å². The van der Waals surface area contributed by atoms with Gasteiger partial charge in [-0.15, -0.1) is 0 Å². The molecule has 2 aromatic rings. The van der Waals surface area contributed by atoms with Crippen LogP contribution in [0.5, 0.6) is 0 Å². The molecule has 0 aromatic heterocycles. The fourth-order valence-electron chi connectivity index (χ4n) is 4.04. The third-order valence-electron chi connectivity index (χ3n) is 5.51. The molecule has 1 saturated heterocycles. The summed E-state index contributed by atoms with van der Waals surface area (Å²) in [7, 11) is 1.51. The van der Waals surface area contributed by atoms with Gasteiger partial charge in [0.2, 0.25) is 0 Å². The van der Waals surface area contributed by atoms with Crippen LogP contribution in [-0.2, 0) is 9.53 Å². The molecule has 1 fully saturated rings. The molecule has 1 heterocycles. The summed E-state index contributed by atoms with van der Waals surface area (Å²) in [5, 5.41) is 1.16. The SMILES string of the molecule is COC(=O)C(c1ccccc1)[NH+]1CC(C)(C)CC[C@@H]1C[Se]c1ccccc1. The molecule has 0 aliphatic carbocycles. The predicted molar refractivity (Wildman–Crippen MR) is 110 cm³/mol. The van der Waals surface area contributed by atoms with Crippen LogP contribution in [0.25, 0.3) is 0 Å². The second kappa shape index (κ2) is 9.05. The second-order valence-corrected chi connectivity index (χ2v) is 10.4. The van der Waals surface area contributed by atoms with Gasteiger partial charge in [-0.2, -0.15) is 0 Å². The molecule has 3 nitrogen and oxygen atoms in total. The summed E-state index contributed by atoms with van der Waals surface area (Å²) in [6.45, 7) is 5.65. The van der Waals surface area contributed by atoms with E-state index in [-0.39, 0.29) is 17.4 Å². The van der Waals surface area contributed by atoms with E-state index in [0.717, 1.165) is 23.8 Å². The van der Waals surface area contributed by atoms with Crippen LogP contribution in [0.4, 0.5) is 0 Å². The first kappa shape index (κ1) is 20.1. The number of hydrogen-bond acceptors (Lipinski definition) is 2. The van der Waals surface area contributed by atoms with E-state index in [1.807, 2.05) is 18.2 Å². The van der Waals surface area contributed by atoms with Gasteiger partial charge >= 0.3 is 169 Å². The fourth-order valence-corrected chi connectivity index (χ4v) is 6.40. The van der Waals surface area contributed by atoms with E-state index in [1.165, 1.54) is 22.9 Å². The molecule has 4 heteroatoms. The van der Waals surface area contributed by atoms with Gasteiger partial charge in [-0.05, 0) is 0 Å². The van der Waals surface area contributed by atoms with Crippen LogP contribution in [-0.4, -0.2) is 40.6 Å². The Hall–Kier alpha value is -1.61. The Bertz CT molecular complexity index is 733. The van der Waals surface area contributed by atoms with Gasteiger partial charge in [0, 0.05) is 0 Å². The molecular weight excluding hydrogens is 401 g/mol. The third-order valence-corrected chi connectivity index (χ3v) is 7.98. The Kier molecular flexibility index (Phi) is 6.75. The summed E-state index contributed by atoms with van der Waals surface area (Å²) in [4.78, 5) is 14.2. The zero-order valence-corrected chi connectivity index (χ0v) is 18.2. The van der Waals surface area contributed by atoms with E-state index in [4.69, 9.17) is 4.74 Å². The number of rotatable bonds is 6. The number of hydrogen-bond donors (Lipinski definition) is 1. The molecule has 0 amide bonds. The van der Waals surface area contributed by atoms with Gasteiger partial charge in [-0.3, -0.25) is 0 Å². The first-order valence-electron chi connectivity index (χ1n) is 9.66. The Morgan fingerprint density at radius 3 is 2.41 bits per heavy atom. The van der Waals surface area contributed by atoms with Crippen molar-refractivity contribution in [3.8, 4) is 0 Å². The second-order valence-electron chi connectivity index (χ2n) is 8.14. The number of benzene rings is 2. The van der Waals surface area contributed by atoms with Crippen LogP contribution < -0.4 is 9.36 Å². The van der Waals surface area contributed by atoms with Crippen molar-refractivity contribution in [1.82, 2.24) is 0 Å². The molecule has 0 spiro atoms. The monoisotopic (exact) mass is 432 g/mol. The van der Waals surface area contributed by atoms with Crippen LogP contribution in [0.2, 0.25) is 5.32 Å². The van der Waals surface area contributed by atoms with Crippen molar-refractivity contribution in [2.75, 3.05) is 13.7 Å². The van der Waals surface area contributed by atoms with E-state index in [2.05, 4.69) is 56.3 Å². The Morgan fingerprint density at radius 1 is 1.15 bits per heavy atom. The minimum atomic E-state index is -0.243. The van der Waals surface area contributed by atoms with Crippen molar-refractivity contribution < 1.29 is 14.4 Å². The summed E-state index contributed by atoms with van der Waals surface area (Å²) in [5.41, 5.74) is 1.31. The molecule has 144 valence electrons. The summed E-state index contributed by atoms with van der Waals surface area (Å²) in [5.74, 6) is -0.119. The molecule has 2 unspecified atom stereocenters. The molecule has 0 saturated carbocycles. The maximum absolute atomic E-state index is 12.8. The third kappa shape index (κ3) is 5.22. The molecule has 0 bridgehead atoms. The van der Waals surface area contributed by atoms with Gasteiger partial charge in [0.1, 0.15) is 0 Å². The standard InChI is InChI=1S/C23H29NO2Se/c1-23(2)15-14-19(16-27-20-12-8-5-9-13-20)24(17-23)21(22(25)26-3)18-10-6-4-7-11-18/h4-13,19,21H,14-17H2,1-3H3/p+1/t19-,21?/m1/s1. The van der Waals surface area contributed by atoms with Crippen LogP contribution >= 0.6 is 0 Å². The van der Waals surface area contributed by atoms with E-state index in [9.17, 15) is 4.79 Å². The first-order valence-corrected chi connectivity index (χ1v) is 11.7. The average Bonchev–Trinajstić information content (AvgIpc) is 2.68. The molecule has 1 aliphatic rings. The van der Waals surface area contributed by atoms with Crippen molar-refractivity contribution in [1.29, 1.82) is 0 Å². The van der Waals surface area contributed by atoms with Gasteiger partial charge in [0.25, 0.3) is 0 Å². The zero-order valence-electron chi connectivity index (χ0n) is 16.5. The number of likely N-dealkylation sites (tertiary alicyclic amines) is 1. The van der Waals surface area contributed by atoms with Crippen LogP contribution in [0.3, 0.4) is 0 Å². The summed E-state index contributed by atoms with van der Waals surface area (Å²) < 4.78 is 6.68. The molecule has 1 aliphatic heterocycles. The van der Waals surface area contributed by atoms with Gasteiger partial charge < -0.3 is 0 Å². The number of piperidine rings is 1. The number of ether oxygens (including phenoxy) is 1. The maximum atomic E-state index is 12.8. The number of methoxy groups -OCH3 is 1. The van der Waals surface area contributed by atoms with E-state index >= 15 is 0 Å². The molecule has 2 aromatic carbocycles. The van der Waals surface area contributed by atoms with Crippen molar-refractivity contribution in [2.24, 2.45) is 5.41 Å². The summed E-state index contributed by atoms with van der Waals surface area (Å²) in [6, 6.07) is 21.2. The van der Waals surface area contributed by atoms with E-state index in [0.29, 0.717) is 21.0 Å². The van der Waals surface area contributed by atoms with Gasteiger partial charge in [0.05, 0.1) is 0 Å². The molecule has 27 heavy (non-hydrogen) atoms. The average molecular weight is 431 g/mol. The number of esters is 1. The quantitative estimate of drug-likeness (QED) is 0.563. The van der Waals surface area contributed by atoms with Crippen molar-refractivity contribution >= 4 is 25.4 Å². The first-order chi connectivity index (χ1) is 13.0. The Balaban J connectivity index is 1.86.